The van der Waals surface area contributed by atoms with Crippen molar-refractivity contribution >= 4 is 10.9 Å². The van der Waals surface area contributed by atoms with Crippen LogP contribution in [0.1, 0.15) is 5.56 Å². The molecule has 0 amide bonds. The van der Waals surface area contributed by atoms with Crippen LogP contribution in [0, 0.1) is 0 Å². The van der Waals surface area contributed by atoms with Gasteiger partial charge in [-0.15, -0.1) is 0 Å². The van der Waals surface area contributed by atoms with Gasteiger partial charge in [0.2, 0.25) is 0 Å². The molecule has 0 saturated heterocycles. The van der Waals surface area contributed by atoms with Gasteiger partial charge in [-0.2, -0.15) is 0 Å². The number of phenolic OH excluding ortho intramolecular Hbond substituents is 1. The molecule has 2 aromatic heterocycles. The number of aromatic hydroxyl groups is 1. The first kappa shape index (κ1) is 9.90. The fourth-order valence-electron chi connectivity index (χ4n) is 1.97. The molecule has 3 heteroatoms. The number of hydrogen-bond donors (Lipinski definition) is 1. The molecule has 0 bridgehead atoms. The standard InChI is InChI=1S/C14H12N2O/c17-14-12(10-16-8-1-2-9-16)6-5-11-4-3-7-15-13(11)14/h1-9,17H,10H2. The van der Waals surface area contributed by atoms with Crippen LogP contribution in [0.15, 0.2) is 55.0 Å². The molecular weight excluding hydrogens is 212 g/mol. The van der Waals surface area contributed by atoms with Crippen molar-refractivity contribution in [1.29, 1.82) is 0 Å². The second kappa shape index (κ2) is 3.94. The lowest BCUT2D eigenvalue weighted by molar-refractivity contribution is 0.471. The van der Waals surface area contributed by atoms with Crippen LogP contribution >= 0.6 is 0 Å². The Morgan fingerprint density at radius 1 is 1.06 bits per heavy atom. The lowest BCUT2D eigenvalue weighted by atomic mass is 10.1. The molecule has 0 atom stereocenters. The van der Waals surface area contributed by atoms with Gasteiger partial charge in [0.1, 0.15) is 11.3 Å². The third-order valence-corrected chi connectivity index (χ3v) is 2.85. The Bertz CT molecular complexity index is 644. The number of benzene rings is 1. The van der Waals surface area contributed by atoms with E-state index in [4.69, 9.17) is 0 Å². The number of fused-ring (bicyclic) bond motifs is 1. The predicted octanol–water partition coefficient (Wildman–Crippen LogP) is 2.79. The molecule has 1 N–H and O–H groups in total. The Hall–Kier alpha value is -2.29. The first-order valence-electron chi connectivity index (χ1n) is 5.51. The van der Waals surface area contributed by atoms with E-state index in [1.165, 1.54) is 0 Å². The fraction of sp³-hybridized carbons (Fsp3) is 0.0714. The van der Waals surface area contributed by atoms with E-state index in [1.807, 2.05) is 53.4 Å². The molecule has 0 radical (unpaired) electrons. The van der Waals surface area contributed by atoms with Crippen molar-refractivity contribution in [3.8, 4) is 5.75 Å². The van der Waals surface area contributed by atoms with E-state index in [2.05, 4.69) is 4.98 Å². The van der Waals surface area contributed by atoms with E-state index in [0.29, 0.717) is 12.1 Å². The normalized spacial score (nSPS) is 10.8. The van der Waals surface area contributed by atoms with Crippen molar-refractivity contribution in [2.24, 2.45) is 0 Å². The summed E-state index contributed by atoms with van der Waals surface area (Å²) in [5, 5.41) is 11.1. The highest BCUT2D eigenvalue weighted by atomic mass is 16.3. The van der Waals surface area contributed by atoms with Gasteiger partial charge < -0.3 is 9.67 Å². The molecule has 84 valence electrons. The second-order valence-corrected chi connectivity index (χ2v) is 4.00. The monoisotopic (exact) mass is 224 g/mol. The maximum Gasteiger partial charge on any atom is 0.146 e. The van der Waals surface area contributed by atoms with Crippen LogP contribution < -0.4 is 0 Å². The first-order valence-corrected chi connectivity index (χ1v) is 5.51. The summed E-state index contributed by atoms with van der Waals surface area (Å²) in [5.74, 6) is 0.275. The lowest BCUT2D eigenvalue weighted by Crippen LogP contribution is -1.97. The number of hydrogen-bond acceptors (Lipinski definition) is 2. The Morgan fingerprint density at radius 2 is 1.88 bits per heavy atom. The summed E-state index contributed by atoms with van der Waals surface area (Å²) in [5.41, 5.74) is 1.55. The zero-order chi connectivity index (χ0) is 11.7. The van der Waals surface area contributed by atoms with Gasteiger partial charge in [-0.05, 0) is 18.2 Å². The fourth-order valence-corrected chi connectivity index (χ4v) is 1.97. The Balaban J connectivity index is 2.09. The Kier molecular flexibility index (Phi) is 2.29. The summed E-state index contributed by atoms with van der Waals surface area (Å²) in [4.78, 5) is 4.21. The molecular formula is C14H12N2O. The van der Waals surface area contributed by atoms with Crippen molar-refractivity contribution in [2.45, 2.75) is 6.54 Å². The van der Waals surface area contributed by atoms with Crippen LogP contribution in [-0.2, 0) is 6.54 Å². The largest absolute Gasteiger partial charge is 0.505 e. The zero-order valence-electron chi connectivity index (χ0n) is 9.24. The molecule has 1 aromatic carbocycles. The lowest BCUT2D eigenvalue weighted by Gasteiger charge is -2.08. The van der Waals surface area contributed by atoms with Crippen LogP contribution in [-0.4, -0.2) is 14.7 Å². The van der Waals surface area contributed by atoms with Crippen molar-refractivity contribution in [3.05, 3.63) is 60.6 Å². The minimum absolute atomic E-state index is 0.275. The van der Waals surface area contributed by atoms with E-state index in [0.717, 1.165) is 10.9 Å². The van der Waals surface area contributed by atoms with Gasteiger partial charge >= 0.3 is 0 Å². The maximum absolute atomic E-state index is 10.2. The van der Waals surface area contributed by atoms with Crippen molar-refractivity contribution in [2.75, 3.05) is 0 Å². The second-order valence-electron chi connectivity index (χ2n) is 4.00. The van der Waals surface area contributed by atoms with Crippen molar-refractivity contribution in [3.63, 3.8) is 0 Å². The van der Waals surface area contributed by atoms with Crippen molar-refractivity contribution in [1.82, 2.24) is 9.55 Å². The van der Waals surface area contributed by atoms with Crippen LogP contribution in [0.2, 0.25) is 0 Å². The highest BCUT2D eigenvalue weighted by Crippen LogP contribution is 2.27. The number of pyridine rings is 1. The van der Waals surface area contributed by atoms with Crippen LogP contribution in [0.3, 0.4) is 0 Å². The summed E-state index contributed by atoms with van der Waals surface area (Å²) in [6.45, 7) is 0.658. The third kappa shape index (κ3) is 1.76. The van der Waals surface area contributed by atoms with Gasteiger partial charge in [0.15, 0.2) is 0 Å². The van der Waals surface area contributed by atoms with Crippen molar-refractivity contribution < 1.29 is 5.11 Å². The molecule has 3 aromatic rings. The number of nitrogens with zero attached hydrogens (tertiary/aromatic N) is 2. The molecule has 0 aliphatic rings. The molecule has 3 rings (SSSR count). The van der Waals surface area contributed by atoms with E-state index in [1.54, 1.807) is 6.20 Å². The minimum Gasteiger partial charge on any atom is -0.505 e. The quantitative estimate of drug-likeness (QED) is 0.726. The molecule has 0 spiro atoms. The summed E-state index contributed by atoms with van der Waals surface area (Å²) in [6, 6.07) is 11.7. The van der Waals surface area contributed by atoms with E-state index in [9.17, 15) is 5.11 Å². The minimum atomic E-state index is 0.275. The van der Waals surface area contributed by atoms with Crippen LogP contribution in [0.25, 0.3) is 10.9 Å². The van der Waals surface area contributed by atoms with E-state index < -0.39 is 0 Å². The molecule has 2 heterocycles. The molecule has 3 nitrogen and oxygen atoms in total. The topological polar surface area (TPSA) is 38.0 Å². The Morgan fingerprint density at radius 3 is 2.71 bits per heavy atom. The molecule has 0 aliphatic carbocycles. The summed E-state index contributed by atoms with van der Waals surface area (Å²) >= 11 is 0. The summed E-state index contributed by atoms with van der Waals surface area (Å²) < 4.78 is 2.02. The van der Waals surface area contributed by atoms with Gasteiger partial charge in [0.05, 0.1) is 6.54 Å². The molecule has 0 unspecified atom stereocenters. The SMILES string of the molecule is Oc1c(Cn2cccc2)ccc2cccnc12. The van der Waals surface area contributed by atoms with Gasteiger partial charge in [0, 0.05) is 29.5 Å². The zero-order valence-corrected chi connectivity index (χ0v) is 9.24. The number of rotatable bonds is 2. The Labute approximate surface area is 99.0 Å². The smallest absolute Gasteiger partial charge is 0.146 e. The van der Waals surface area contributed by atoms with E-state index in [-0.39, 0.29) is 5.75 Å². The van der Waals surface area contributed by atoms with Crippen LogP contribution in [0.4, 0.5) is 0 Å². The molecule has 0 fully saturated rings. The third-order valence-electron chi connectivity index (χ3n) is 2.85. The number of aromatic nitrogens is 2. The summed E-state index contributed by atoms with van der Waals surface area (Å²) in [6.07, 6.45) is 5.64. The molecule has 17 heavy (non-hydrogen) atoms. The van der Waals surface area contributed by atoms with Crippen LogP contribution in [0.5, 0.6) is 5.75 Å². The van der Waals surface area contributed by atoms with Gasteiger partial charge in [0.25, 0.3) is 0 Å². The predicted molar refractivity (Wildman–Crippen MR) is 66.9 cm³/mol. The number of phenols is 1. The van der Waals surface area contributed by atoms with E-state index >= 15 is 0 Å². The van der Waals surface area contributed by atoms with Gasteiger partial charge in [-0.3, -0.25) is 4.98 Å². The average Bonchev–Trinajstić information content (AvgIpc) is 2.86. The molecule has 0 saturated carbocycles. The maximum atomic E-state index is 10.2. The highest BCUT2D eigenvalue weighted by Gasteiger charge is 2.07. The highest BCUT2D eigenvalue weighted by molar-refractivity contribution is 5.85. The first-order chi connectivity index (χ1) is 8.34. The average molecular weight is 224 g/mol. The molecule has 0 aliphatic heterocycles. The summed E-state index contributed by atoms with van der Waals surface area (Å²) in [7, 11) is 0. The van der Waals surface area contributed by atoms with Gasteiger partial charge in [-0.25, -0.2) is 0 Å². The van der Waals surface area contributed by atoms with Gasteiger partial charge in [-0.1, -0.05) is 18.2 Å².